The molecule has 0 spiro atoms. The lowest BCUT2D eigenvalue weighted by Crippen LogP contribution is -2.34. The van der Waals surface area contributed by atoms with E-state index in [1.54, 1.807) is 24.1 Å². The number of rotatable bonds is 6. The summed E-state index contributed by atoms with van der Waals surface area (Å²) < 4.78 is 18.2. The van der Waals surface area contributed by atoms with E-state index in [-0.39, 0.29) is 23.9 Å². The Morgan fingerprint density at radius 1 is 1.33 bits per heavy atom. The Morgan fingerprint density at radius 3 is 2.57 bits per heavy atom. The number of benzene rings is 1. The number of ether oxygens (including phenoxy) is 1. The molecule has 1 saturated heterocycles. The maximum atomic E-state index is 13.1. The molecule has 1 fully saturated rings. The Bertz CT molecular complexity index is 476. The zero-order valence-electron chi connectivity index (χ0n) is 12.8. The molecule has 116 valence electrons. The van der Waals surface area contributed by atoms with Gasteiger partial charge in [0.25, 0.3) is 0 Å². The monoisotopic (exact) mass is 294 g/mol. The number of amides is 1. The molecule has 21 heavy (non-hydrogen) atoms. The number of nitrogens with one attached hydrogen (secondary N) is 1. The van der Waals surface area contributed by atoms with Crippen molar-refractivity contribution in [1.29, 1.82) is 0 Å². The van der Waals surface area contributed by atoms with E-state index in [1.165, 1.54) is 12.1 Å². The highest BCUT2D eigenvalue weighted by Crippen LogP contribution is 2.27. The topological polar surface area (TPSA) is 41.6 Å². The van der Waals surface area contributed by atoms with Gasteiger partial charge in [0.15, 0.2) is 0 Å². The quantitative estimate of drug-likeness (QED) is 0.875. The van der Waals surface area contributed by atoms with Gasteiger partial charge >= 0.3 is 0 Å². The van der Waals surface area contributed by atoms with Crippen LogP contribution >= 0.6 is 0 Å². The lowest BCUT2D eigenvalue weighted by Gasteiger charge is -2.24. The average Bonchev–Trinajstić information content (AvgIpc) is 2.74. The van der Waals surface area contributed by atoms with Gasteiger partial charge < -0.3 is 9.64 Å². The zero-order valence-corrected chi connectivity index (χ0v) is 12.8. The third-order valence-corrected chi connectivity index (χ3v) is 3.68. The van der Waals surface area contributed by atoms with Crippen molar-refractivity contribution >= 4 is 5.91 Å². The zero-order chi connectivity index (χ0) is 15.4. The summed E-state index contributed by atoms with van der Waals surface area (Å²) in [5.41, 5.74) is 0.895. The van der Waals surface area contributed by atoms with Gasteiger partial charge in [0.1, 0.15) is 12.0 Å². The van der Waals surface area contributed by atoms with Crippen molar-refractivity contribution in [2.75, 3.05) is 20.3 Å². The standard InChI is InChI=1S/C16H23FN2O2/c1-11(2)10-14-16(20)19(8-9-21-3)15(18-14)12-4-6-13(17)7-5-12/h4-7,11,14-15,18H,8-10H2,1-3H3. The summed E-state index contributed by atoms with van der Waals surface area (Å²) in [5, 5.41) is 3.37. The van der Waals surface area contributed by atoms with Gasteiger partial charge in [0.05, 0.1) is 12.6 Å². The third-order valence-electron chi connectivity index (χ3n) is 3.68. The highest BCUT2D eigenvalue weighted by molar-refractivity contribution is 5.84. The number of methoxy groups -OCH3 is 1. The fraction of sp³-hybridized carbons (Fsp3) is 0.562. The van der Waals surface area contributed by atoms with E-state index < -0.39 is 0 Å². The van der Waals surface area contributed by atoms with Crippen LogP contribution in [0.25, 0.3) is 0 Å². The van der Waals surface area contributed by atoms with Crippen LogP contribution in [0.4, 0.5) is 4.39 Å². The van der Waals surface area contributed by atoms with Gasteiger partial charge in [0.2, 0.25) is 5.91 Å². The summed E-state index contributed by atoms with van der Waals surface area (Å²) in [6.45, 7) is 5.21. The van der Waals surface area contributed by atoms with E-state index in [4.69, 9.17) is 4.74 Å². The molecule has 2 unspecified atom stereocenters. The first-order chi connectivity index (χ1) is 10.0. The maximum absolute atomic E-state index is 13.1. The Morgan fingerprint density at radius 2 is 2.00 bits per heavy atom. The number of nitrogens with zero attached hydrogens (tertiary/aromatic N) is 1. The van der Waals surface area contributed by atoms with Gasteiger partial charge in [-0.2, -0.15) is 0 Å². The van der Waals surface area contributed by atoms with Crippen molar-refractivity contribution in [3.05, 3.63) is 35.6 Å². The van der Waals surface area contributed by atoms with E-state index in [0.29, 0.717) is 19.1 Å². The Kier molecular flexibility index (Phi) is 5.31. The maximum Gasteiger partial charge on any atom is 0.241 e. The SMILES string of the molecule is COCCN1C(=O)C(CC(C)C)NC1c1ccc(F)cc1. The van der Waals surface area contributed by atoms with Crippen LogP contribution in [0.2, 0.25) is 0 Å². The summed E-state index contributed by atoms with van der Waals surface area (Å²) in [6.07, 6.45) is 0.581. The number of hydrogen-bond acceptors (Lipinski definition) is 3. The second kappa shape index (κ2) is 7.00. The predicted octanol–water partition coefficient (Wildman–Crippen LogP) is 2.32. The molecule has 0 bridgehead atoms. The molecule has 4 nitrogen and oxygen atoms in total. The van der Waals surface area contributed by atoms with Crippen LogP contribution in [0.3, 0.4) is 0 Å². The van der Waals surface area contributed by atoms with Gasteiger partial charge in [-0.25, -0.2) is 4.39 Å². The molecule has 1 aliphatic heterocycles. The van der Waals surface area contributed by atoms with E-state index in [9.17, 15) is 9.18 Å². The molecule has 2 atom stereocenters. The highest BCUT2D eigenvalue weighted by atomic mass is 19.1. The van der Waals surface area contributed by atoms with Crippen LogP contribution in [0.5, 0.6) is 0 Å². The van der Waals surface area contributed by atoms with Crippen molar-refractivity contribution in [2.45, 2.75) is 32.5 Å². The first kappa shape index (κ1) is 15.9. The Balaban J connectivity index is 2.19. The summed E-state index contributed by atoms with van der Waals surface area (Å²) in [4.78, 5) is 14.3. The highest BCUT2D eigenvalue weighted by Gasteiger charge is 2.39. The fourth-order valence-corrected chi connectivity index (χ4v) is 2.67. The first-order valence-electron chi connectivity index (χ1n) is 7.34. The summed E-state index contributed by atoms with van der Waals surface area (Å²) in [7, 11) is 1.62. The smallest absolute Gasteiger partial charge is 0.241 e. The lowest BCUT2D eigenvalue weighted by atomic mass is 10.0. The van der Waals surface area contributed by atoms with E-state index >= 15 is 0 Å². The minimum atomic E-state index is -0.273. The van der Waals surface area contributed by atoms with E-state index in [2.05, 4.69) is 19.2 Å². The Labute approximate surface area is 125 Å². The van der Waals surface area contributed by atoms with Crippen molar-refractivity contribution < 1.29 is 13.9 Å². The normalized spacial score (nSPS) is 22.3. The van der Waals surface area contributed by atoms with Gasteiger partial charge in [-0.3, -0.25) is 10.1 Å². The van der Waals surface area contributed by atoms with Gasteiger partial charge in [0, 0.05) is 13.7 Å². The number of carbonyl (C=O) groups is 1. The van der Waals surface area contributed by atoms with E-state index in [1.807, 2.05) is 0 Å². The molecular formula is C16H23FN2O2. The molecule has 1 heterocycles. The summed E-state index contributed by atoms with van der Waals surface area (Å²) in [6, 6.07) is 6.10. The number of halogens is 1. The molecular weight excluding hydrogens is 271 g/mol. The van der Waals surface area contributed by atoms with Crippen LogP contribution < -0.4 is 5.32 Å². The van der Waals surface area contributed by atoms with Crippen molar-refractivity contribution in [2.24, 2.45) is 5.92 Å². The van der Waals surface area contributed by atoms with Crippen molar-refractivity contribution in [1.82, 2.24) is 10.2 Å². The molecule has 0 aromatic heterocycles. The summed E-state index contributed by atoms with van der Waals surface area (Å²) in [5.74, 6) is 0.253. The van der Waals surface area contributed by atoms with Gasteiger partial charge in [-0.15, -0.1) is 0 Å². The van der Waals surface area contributed by atoms with Crippen LogP contribution in [0.15, 0.2) is 24.3 Å². The number of hydrogen-bond donors (Lipinski definition) is 1. The fourth-order valence-electron chi connectivity index (χ4n) is 2.67. The lowest BCUT2D eigenvalue weighted by molar-refractivity contribution is -0.131. The largest absolute Gasteiger partial charge is 0.383 e. The predicted molar refractivity (Wildman–Crippen MR) is 79.1 cm³/mol. The van der Waals surface area contributed by atoms with Crippen LogP contribution in [-0.4, -0.2) is 37.1 Å². The molecule has 0 radical (unpaired) electrons. The van der Waals surface area contributed by atoms with Crippen LogP contribution in [0, 0.1) is 11.7 Å². The molecule has 1 aliphatic rings. The van der Waals surface area contributed by atoms with Crippen molar-refractivity contribution in [3.8, 4) is 0 Å². The molecule has 0 aliphatic carbocycles. The molecule has 0 saturated carbocycles. The first-order valence-corrected chi connectivity index (χ1v) is 7.34. The molecule has 5 heteroatoms. The molecule has 1 aromatic rings. The van der Waals surface area contributed by atoms with Gasteiger partial charge in [-0.1, -0.05) is 26.0 Å². The van der Waals surface area contributed by atoms with Crippen LogP contribution in [-0.2, 0) is 9.53 Å². The molecule has 1 amide bonds. The van der Waals surface area contributed by atoms with Crippen molar-refractivity contribution in [3.63, 3.8) is 0 Å². The molecule has 2 rings (SSSR count). The molecule has 1 aromatic carbocycles. The van der Waals surface area contributed by atoms with Crippen LogP contribution in [0.1, 0.15) is 32.0 Å². The minimum absolute atomic E-state index is 0.0927. The molecule has 1 N–H and O–H groups in total. The minimum Gasteiger partial charge on any atom is -0.383 e. The second-order valence-corrected chi connectivity index (χ2v) is 5.83. The Hall–Kier alpha value is -1.46. The van der Waals surface area contributed by atoms with E-state index in [0.717, 1.165) is 12.0 Å². The second-order valence-electron chi connectivity index (χ2n) is 5.83. The number of carbonyl (C=O) groups excluding carboxylic acids is 1. The summed E-state index contributed by atoms with van der Waals surface area (Å²) >= 11 is 0. The third kappa shape index (κ3) is 3.80. The van der Waals surface area contributed by atoms with Gasteiger partial charge in [-0.05, 0) is 30.0 Å². The average molecular weight is 294 g/mol.